The zero-order chi connectivity index (χ0) is 13.0. The van der Waals surface area contributed by atoms with Gasteiger partial charge < -0.3 is 4.84 Å². The second-order valence-electron chi connectivity index (χ2n) is 3.99. The van der Waals surface area contributed by atoms with Crippen LogP contribution in [0.5, 0.6) is 0 Å². The van der Waals surface area contributed by atoms with Gasteiger partial charge in [0.15, 0.2) is 0 Å². The standard InChI is InChI=1S/C13H15NO3S/c1-2-13(16)17-14-11(15)8-12(14)18-9-10-6-4-3-5-7-10/h3-7,12H,2,8-9H2,1H3. The van der Waals surface area contributed by atoms with E-state index in [0.29, 0.717) is 6.42 Å². The number of amides is 1. The number of carbonyl (C=O) groups is 2. The van der Waals surface area contributed by atoms with Gasteiger partial charge in [-0.25, -0.2) is 4.79 Å². The van der Waals surface area contributed by atoms with Crippen LogP contribution in [0.1, 0.15) is 25.3 Å². The third-order valence-electron chi connectivity index (χ3n) is 2.63. The molecule has 1 atom stereocenters. The van der Waals surface area contributed by atoms with Crippen molar-refractivity contribution in [1.29, 1.82) is 0 Å². The Bertz CT molecular complexity index is 435. The van der Waals surface area contributed by atoms with Gasteiger partial charge in [0.1, 0.15) is 5.37 Å². The molecule has 0 saturated carbocycles. The summed E-state index contributed by atoms with van der Waals surface area (Å²) in [7, 11) is 0. The van der Waals surface area contributed by atoms with Crippen LogP contribution in [0.3, 0.4) is 0 Å². The highest BCUT2D eigenvalue weighted by Crippen LogP contribution is 2.32. The maximum Gasteiger partial charge on any atom is 0.332 e. The molecule has 1 saturated heterocycles. The van der Waals surface area contributed by atoms with Crippen LogP contribution >= 0.6 is 11.8 Å². The van der Waals surface area contributed by atoms with Crippen LogP contribution < -0.4 is 0 Å². The largest absolute Gasteiger partial charge is 0.337 e. The minimum absolute atomic E-state index is 0.0480. The van der Waals surface area contributed by atoms with Gasteiger partial charge >= 0.3 is 5.97 Å². The maximum absolute atomic E-state index is 11.3. The zero-order valence-electron chi connectivity index (χ0n) is 10.2. The van der Waals surface area contributed by atoms with Crippen LogP contribution in [0.15, 0.2) is 30.3 Å². The van der Waals surface area contributed by atoms with E-state index in [9.17, 15) is 9.59 Å². The predicted molar refractivity (Wildman–Crippen MR) is 69.4 cm³/mol. The number of thioether (sulfide) groups is 1. The molecule has 1 fully saturated rings. The fourth-order valence-electron chi connectivity index (χ4n) is 1.55. The first kappa shape index (κ1) is 13.0. The summed E-state index contributed by atoms with van der Waals surface area (Å²) in [6.45, 7) is 1.71. The lowest BCUT2D eigenvalue weighted by atomic mass is 10.2. The van der Waals surface area contributed by atoms with Crippen molar-refractivity contribution in [2.75, 3.05) is 0 Å². The predicted octanol–water partition coefficient (Wildman–Crippen LogP) is 2.35. The molecule has 0 N–H and O–H groups in total. The van der Waals surface area contributed by atoms with E-state index in [4.69, 9.17) is 4.84 Å². The summed E-state index contributed by atoms with van der Waals surface area (Å²) >= 11 is 1.61. The Balaban J connectivity index is 1.83. The first-order valence-electron chi connectivity index (χ1n) is 5.89. The number of nitrogens with zero attached hydrogens (tertiary/aromatic N) is 1. The number of hydrogen-bond donors (Lipinski definition) is 0. The topological polar surface area (TPSA) is 46.6 Å². The molecule has 0 bridgehead atoms. The summed E-state index contributed by atoms with van der Waals surface area (Å²) in [6.07, 6.45) is 0.717. The molecule has 0 spiro atoms. The van der Waals surface area contributed by atoms with Crippen LogP contribution in [0.25, 0.3) is 0 Å². The van der Waals surface area contributed by atoms with Gasteiger partial charge in [-0.3, -0.25) is 4.79 Å². The summed E-state index contributed by atoms with van der Waals surface area (Å²) in [5.41, 5.74) is 1.20. The van der Waals surface area contributed by atoms with Crippen LogP contribution in [-0.4, -0.2) is 22.3 Å². The highest BCUT2D eigenvalue weighted by Gasteiger charge is 2.39. The normalized spacial score (nSPS) is 18.4. The van der Waals surface area contributed by atoms with Gasteiger partial charge in [-0.2, -0.15) is 5.06 Å². The molecule has 1 aliphatic rings. The van der Waals surface area contributed by atoms with Crippen LogP contribution in [0.2, 0.25) is 0 Å². The summed E-state index contributed by atoms with van der Waals surface area (Å²) in [5.74, 6) is 0.314. The van der Waals surface area contributed by atoms with E-state index in [1.807, 2.05) is 30.3 Å². The number of rotatable bonds is 5. The van der Waals surface area contributed by atoms with Gasteiger partial charge in [0.2, 0.25) is 0 Å². The molecular formula is C13H15NO3S. The lowest BCUT2D eigenvalue weighted by molar-refractivity contribution is -0.216. The Morgan fingerprint density at radius 1 is 1.44 bits per heavy atom. The Kier molecular flexibility index (Phi) is 4.25. The lowest BCUT2D eigenvalue weighted by Crippen LogP contribution is -2.51. The second-order valence-corrected chi connectivity index (χ2v) is 5.16. The van der Waals surface area contributed by atoms with Gasteiger partial charge in [0.25, 0.3) is 5.91 Å². The lowest BCUT2D eigenvalue weighted by Gasteiger charge is -2.37. The highest BCUT2D eigenvalue weighted by molar-refractivity contribution is 7.99. The quantitative estimate of drug-likeness (QED) is 0.767. The first-order chi connectivity index (χ1) is 8.70. The SMILES string of the molecule is CCC(=O)ON1C(=O)CC1SCc1ccccc1. The third-order valence-corrected chi connectivity index (χ3v) is 3.87. The molecule has 2 rings (SSSR count). The van der Waals surface area contributed by atoms with Crippen LogP contribution in [-0.2, 0) is 20.2 Å². The molecule has 96 valence electrons. The van der Waals surface area contributed by atoms with Gasteiger partial charge in [-0.15, -0.1) is 11.8 Å². The average Bonchev–Trinajstić information content (AvgIpc) is 2.41. The summed E-state index contributed by atoms with van der Waals surface area (Å²) in [5, 5.41) is 1.15. The smallest absolute Gasteiger partial charge is 0.332 e. The minimum Gasteiger partial charge on any atom is -0.337 e. The number of hydroxylamine groups is 2. The number of benzene rings is 1. The Labute approximate surface area is 110 Å². The summed E-state index contributed by atoms with van der Waals surface area (Å²) in [6, 6.07) is 10.0. The van der Waals surface area contributed by atoms with E-state index < -0.39 is 0 Å². The van der Waals surface area contributed by atoms with Crippen molar-refractivity contribution in [3.63, 3.8) is 0 Å². The molecule has 4 nitrogen and oxygen atoms in total. The Morgan fingerprint density at radius 3 is 2.78 bits per heavy atom. The van der Waals surface area contributed by atoms with Crippen molar-refractivity contribution in [3.8, 4) is 0 Å². The van der Waals surface area contributed by atoms with E-state index in [0.717, 1.165) is 5.75 Å². The van der Waals surface area contributed by atoms with Gasteiger partial charge in [0, 0.05) is 12.2 Å². The number of β-lactam (4-membered cyclic amide) rings is 1. The molecular weight excluding hydrogens is 250 g/mol. The molecule has 0 radical (unpaired) electrons. The molecule has 0 aromatic heterocycles. The van der Waals surface area contributed by atoms with Crippen molar-refractivity contribution >= 4 is 23.6 Å². The molecule has 1 aromatic rings. The second kappa shape index (κ2) is 5.91. The van der Waals surface area contributed by atoms with Crippen molar-refractivity contribution < 1.29 is 14.4 Å². The van der Waals surface area contributed by atoms with Crippen molar-refractivity contribution in [2.45, 2.75) is 30.9 Å². The molecule has 1 heterocycles. The monoisotopic (exact) mass is 265 g/mol. The first-order valence-corrected chi connectivity index (χ1v) is 6.94. The Hall–Kier alpha value is -1.49. The highest BCUT2D eigenvalue weighted by atomic mass is 32.2. The van der Waals surface area contributed by atoms with E-state index >= 15 is 0 Å². The van der Waals surface area contributed by atoms with Crippen LogP contribution in [0, 0.1) is 0 Å². The third kappa shape index (κ3) is 3.04. The van der Waals surface area contributed by atoms with Crippen molar-refractivity contribution in [3.05, 3.63) is 35.9 Å². The van der Waals surface area contributed by atoms with Crippen molar-refractivity contribution in [1.82, 2.24) is 5.06 Å². The summed E-state index contributed by atoms with van der Waals surface area (Å²) < 4.78 is 0. The molecule has 1 aliphatic heterocycles. The fraction of sp³-hybridized carbons (Fsp3) is 0.385. The van der Waals surface area contributed by atoms with Gasteiger partial charge in [0.05, 0.1) is 6.42 Å². The van der Waals surface area contributed by atoms with E-state index in [-0.39, 0.29) is 23.7 Å². The fourth-order valence-corrected chi connectivity index (χ4v) is 2.68. The Morgan fingerprint density at radius 2 is 2.17 bits per heavy atom. The van der Waals surface area contributed by atoms with Gasteiger partial charge in [-0.05, 0) is 5.56 Å². The van der Waals surface area contributed by atoms with E-state index in [1.54, 1.807) is 18.7 Å². The minimum atomic E-state index is -0.367. The molecule has 1 unspecified atom stereocenters. The van der Waals surface area contributed by atoms with Gasteiger partial charge in [-0.1, -0.05) is 37.3 Å². The van der Waals surface area contributed by atoms with E-state index in [1.165, 1.54) is 10.6 Å². The number of hydrogen-bond acceptors (Lipinski definition) is 4. The molecule has 5 heteroatoms. The summed E-state index contributed by atoms with van der Waals surface area (Å²) in [4.78, 5) is 27.5. The molecule has 1 aromatic carbocycles. The molecule has 1 amide bonds. The van der Waals surface area contributed by atoms with E-state index in [2.05, 4.69) is 0 Å². The molecule has 18 heavy (non-hydrogen) atoms. The average molecular weight is 265 g/mol. The zero-order valence-corrected chi connectivity index (χ0v) is 11.0. The van der Waals surface area contributed by atoms with Crippen molar-refractivity contribution in [2.24, 2.45) is 0 Å². The maximum atomic E-state index is 11.3. The van der Waals surface area contributed by atoms with Crippen LogP contribution in [0.4, 0.5) is 0 Å². The number of carbonyl (C=O) groups excluding carboxylic acids is 2. The molecule has 0 aliphatic carbocycles.